The van der Waals surface area contributed by atoms with Gasteiger partial charge < -0.3 is 5.32 Å². The first kappa shape index (κ1) is 21.7. The Balaban J connectivity index is 1.65. The molecule has 0 spiro atoms. The molecule has 0 saturated carbocycles. The summed E-state index contributed by atoms with van der Waals surface area (Å²) in [7, 11) is 3.84. The van der Waals surface area contributed by atoms with Gasteiger partial charge in [0.2, 0.25) is 0 Å². The van der Waals surface area contributed by atoms with Crippen molar-refractivity contribution in [3.63, 3.8) is 0 Å². The summed E-state index contributed by atoms with van der Waals surface area (Å²) in [6.07, 6.45) is 13.2. The van der Waals surface area contributed by atoms with Crippen LogP contribution >= 0.6 is 0 Å². The molecule has 1 unspecified atom stereocenters. The van der Waals surface area contributed by atoms with Gasteiger partial charge in [-0.05, 0) is 24.0 Å². The van der Waals surface area contributed by atoms with Crippen LogP contribution in [0.5, 0.6) is 0 Å². The van der Waals surface area contributed by atoms with Crippen molar-refractivity contribution in [3.8, 4) is 33.6 Å². The largest absolute Gasteiger partial charge is 0.369 e. The summed E-state index contributed by atoms with van der Waals surface area (Å²) in [6.45, 7) is 5.42. The van der Waals surface area contributed by atoms with E-state index in [0.717, 1.165) is 46.6 Å². The smallest absolute Gasteiger partial charge is 0.161 e. The van der Waals surface area contributed by atoms with Crippen molar-refractivity contribution in [1.82, 2.24) is 29.5 Å². The molecular formula is C25H31N7. The molecule has 7 nitrogen and oxygen atoms in total. The van der Waals surface area contributed by atoms with Crippen LogP contribution in [0.1, 0.15) is 33.1 Å². The molecule has 3 aromatic heterocycles. The molecule has 0 amide bonds. The highest BCUT2D eigenvalue weighted by atomic mass is 15.2. The molecule has 0 bridgehead atoms. The number of aryl methyl sites for hydroxylation is 2. The van der Waals surface area contributed by atoms with Crippen LogP contribution in [0.4, 0.5) is 5.82 Å². The lowest BCUT2D eigenvalue weighted by molar-refractivity contribution is 0.499. The van der Waals surface area contributed by atoms with E-state index in [2.05, 4.69) is 41.5 Å². The quantitative estimate of drug-likeness (QED) is 0.397. The highest BCUT2D eigenvalue weighted by molar-refractivity contribution is 5.76. The van der Waals surface area contributed by atoms with Gasteiger partial charge in [0.05, 0.1) is 12.4 Å². The van der Waals surface area contributed by atoms with Crippen LogP contribution in [-0.2, 0) is 14.1 Å². The van der Waals surface area contributed by atoms with Crippen LogP contribution in [0.15, 0.2) is 55.2 Å². The molecule has 0 aliphatic heterocycles. The summed E-state index contributed by atoms with van der Waals surface area (Å²) in [4.78, 5) is 9.63. The van der Waals surface area contributed by atoms with E-state index in [-0.39, 0.29) is 0 Å². The van der Waals surface area contributed by atoms with Gasteiger partial charge in [0, 0.05) is 61.5 Å². The minimum absolute atomic E-state index is 0.687. The lowest BCUT2D eigenvalue weighted by Crippen LogP contribution is -2.09. The minimum Gasteiger partial charge on any atom is -0.369 e. The van der Waals surface area contributed by atoms with Gasteiger partial charge in [-0.3, -0.25) is 9.36 Å². The second kappa shape index (κ2) is 9.77. The van der Waals surface area contributed by atoms with Crippen molar-refractivity contribution in [1.29, 1.82) is 0 Å². The van der Waals surface area contributed by atoms with Gasteiger partial charge in [-0.2, -0.15) is 10.2 Å². The predicted molar refractivity (Wildman–Crippen MR) is 129 cm³/mol. The number of nitrogens with one attached hydrogen (secondary N) is 1. The van der Waals surface area contributed by atoms with Crippen LogP contribution in [0.25, 0.3) is 33.6 Å². The molecule has 4 aromatic rings. The first-order valence-corrected chi connectivity index (χ1v) is 11.2. The van der Waals surface area contributed by atoms with Gasteiger partial charge in [0.25, 0.3) is 0 Å². The maximum absolute atomic E-state index is 4.93. The van der Waals surface area contributed by atoms with Gasteiger partial charge in [-0.1, -0.05) is 44.9 Å². The second-order valence-electron chi connectivity index (χ2n) is 8.45. The monoisotopic (exact) mass is 429 g/mol. The lowest BCUT2D eigenvalue weighted by Gasteiger charge is -2.14. The summed E-state index contributed by atoms with van der Waals surface area (Å²) in [5, 5.41) is 12.2. The zero-order chi connectivity index (χ0) is 22.5. The average molecular weight is 430 g/mol. The Morgan fingerprint density at radius 2 is 1.62 bits per heavy atom. The van der Waals surface area contributed by atoms with E-state index in [1.165, 1.54) is 12.8 Å². The van der Waals surface area contributed by atoms with Gasteiger partial charge >= 0.3 is 0 Å². The Bertz CT molecular complexity index is 1170. The SMILES string of the molecule is CCCC(C)CCNc1nc(-c2cccc(-c3cnn(C)c3)c2)ncc1-c1cnn(C)c1. The molecule has 166 valence electrons. The van der Waals surface area contributed by atoms with E-state index in [0.29, 0.717) is 11.7 Å². The normalized spacial score (nSPS) is 12.1. The third-order valence-corrected chi connectivity index (χ3v) is 5.67. The van der Waals surface area contributed by atoms with E-state index in [1.807, 2.05) is 61.9 Å². The van der Waals surface area contributed by atoms with Crippen LogP contribution < -0.4 is 5.32 Å². The zero-order valence-corrected chi connectivity index (χ0v) is 19.3. The highest BCUT2D eigenvalue weighted by Gasteiger charge is 2.13. The fourth-order valence-electron chi connectivity index (χ4n) is 3.91. The first-order valence-electron chi connectivity index (χ1n) is 11.2. The van der Waals surface area contributed by atoms with E-state index in [1.54, 1.807) is 4.68 Å². The van der Waals surface area contributed by atoms with Crippen molar-refractivity contribution in [2.24, 2.45) is 20.0 Å². The number of anilines is 1. The van der Waals surface area contributed by atoms with Crippen molar-refractivity contribution in [2.45, 2.75) is 33.1 Å². The van der Waals surface area contributed by atoms with Crippen LogP contribution in [-0.4, -0.2) is 36.1 Å². The summed E-state index contributed by atoms with van der Waals surface area (Å²) in [5.41, 5.74) is 5.12. The number of benzene rings is 1. The fraction of sp³-hybridized carbons (Fsp3) is 0.360. The second-order valence-corrected chi connectivity index (χ2v) is 8.45. The number of rotatable bonds is 9. The molecule has 1 aromatic carbocycles. The molecule has 32 heavy (non-hydrogen) atoms. The number of aromatic nitrogens is 6. The first-order chi connectivity index (χ1) is 15.5. The molecule has 0 aliphatic carbocycles. The van der Waals surface area contributed by atoms with E-state index >= 15 is 0 Å². The van der Waals surface area contributed by atoms with E-state index in [9.17, 15) is 0 Å². The summed E-state index contributed by atoms with van der Waals surface area (Å²) in [6, 6.07) is 8.28. The van der Waals surface area contributed by atoms with Crippen LogP contribution in [0.2, 0.25) is 0 Å². The molecule has 1 N–H and O–H groups in total. The molecule has 7 heteroatoms. The Hall–Kier alpha value is -3.48. The molecule has 0 fully saturated rings. The highest BCUT2D eigenvalue weighted by Crippen LogP contribution is 2.29. The number of hydrogen-bond acceptors (Lipinski definition) is 5. The van der Waals surface area contributed by atoms with Crippen LogP contribution in [0.3, 0.4) is 0 Å². The van der Waals surface area contributed by atoms with Crippen molar-refractivity contribution >= 4 is 5.82 Å². The maximum atomic E-state index is 4.93. The molecule has 0 radical (unpaired) electrons. The fourth-order valence-corrected chi connectivity index (χ4v) is 3.91. The molecule has 3 heterocycles. The molecule has 1 atom stereocenters. The van der Waals surface area contributed by atoms with Crippen molar-refractivity contribution in [3.05, 3.63) is 55.2 Å². The Kier molecular flexibility index (Phi) is 6.63. The Labute approximate surface area is 189 Å². The van der Waals surface area contributed by atoms with Gasteiger partial charge in [0.15, 0.2) is 5.82 Å². The predicted octanol–water partition coefficient (Wildman–Crippen LogP) is 5.18. The van der Waals surface area contributed by atoms with E-state index in [4.69, 9.17) is 9.97 Å². The minimum atomic E-state index is 0.687. The van der Waals surface area contributed by atoms with Gasteiger partial charge in [-0.15, -0.1) is 0 Å². The molecule has 0 saturated heterocycles. The molecule has 0 aliphatic rings. The summed E-state index contributed by atoms with van der Waals surface area (Å²) >= 11 is 0. The summed E-state index contributed by atoms with van der Waals surface area (Å²) < 4.78 is 3.61. The molecule has 4 rings (SSSR count). The Morgan fingerprint density at radius 1 is 0.906 bits per heavy atom. The average Bonchev–Trinajstić information content (AvgIpc) is 3.42. The lowest BCUT2D eigenvalue weighted by atomic mass is 10.0. The zero-order valence-electron chi connectivity index (χ0n) is 19.3. The van der Waals surface area contributed by atoms with Gasteiger partial charge in [-0.25, -0.2) is 9.97 Å². The number of hydrogen-bond donors (Lipinski definition) is 1. The Morgan fingerprint density at radius 3 is 2.31 bits per heavy atom. The van der Waals surface area contributed by atoms with E-state index < -0.39 is 0 Å². The summed E-state index contributed by atoms with van der Waals surface area (Å²) in [5.74, 6) is 2.23. The van der Waals surface area contributed by atoms with Crippen LogP contribution in [0, 0.1) is 5.92 Å². The maximum Gasteiger partial charge on any atom is 0.161 e. The third-order valence-electron chi connectivity index (χ3n) is 5.67. The topological polar surface area (TPSA) is 73.5 Å². The number of nitrogens with zero attached hydrogens (tertiary/aromatic N) is 6. The third kappa shape index (κ3) is 5.04. The van der Waals surface area contributed by atoms with Crippen molar-refractivity contribution < 1.29 is 0 Å². The van der Waals surface area contributed by atoms with Crippen molar-refractivity contribution in [2.75, 3.05) is 11.9 Å². The van der Waals surface area contributed by atoms with Gasteiger partial charge in [0.1, 0.15) is 5.82 Å². The standard InChI is InChI=1S/C25H31N7/c1-5-7-18(2)10-11-26-25-23(22-14-29-32(4)17-22)15-27-24(30-25)20-9-6-8-19(12-20)21-13-28-31(3)16-21/h6,8-9,12-18H,5,7,10-11H2,1-4H3,(H,26,27,30). The molecular weight excluding hydrogens is 398 g/mol.